The number of benzene rings is 2. The molecule has 2 aromatic rings. The van der Waals surface area contributed by atoms with Crippen molar-refractivity contribution in [3.63, 3.8) is 0 Å². The molecule has 18 heavy (non-hydrogen) atoms. The summed E-state index contributed by atoms with van der Waals surface area (Å²) in [5.41, 5.74) is 0.298. The lowest BCUT2D eigenvalue weighted by Crippen LogP contribution is -2.04. The van der Waals surface area contributed by atoms with Crippen LogP contribution in [0.25, 0.3) is 0 Å². The van der Waals surface area contributed by atoms with Gasteiger partial charge >= 0.3 is 6.18 Å². The fourth-order valence-corrected chi connectivity index (χ4v) is 1.48. The van der Waals surface area contributed by atoms with Gasteiger partial charge in [0.1, 0.15) is 12.4 Å². The largest absolute Gasteiger partial charge is 0.489 e. The molecule has 0 fully saturated rings. The Labute approximate surface area is 103 Å². The summed E-state index contributed by atoms with van der Waals surface area (Å²) in [5, 5.41) is 0. The molecule has 0 aliphatic heterocycles. The van der Waals surface area contributed by atoms with Crippen molar-refractivity contribution < 1.29 is 17.9 Å². The van der Waals surface area contributed by atoms with Crippen LogP contribution in [0.5, 0.6) is 5.75 Å². The Hall–Kier alpha value is -1.97. The van der Waals surface area contributed by atoms with Crippen molar-refractivity contribution in [1.29, 1.82) is 0 Å². The highest BCUT2D eigenvalue weighted by atomic mass is 19.4. The van der Waals surface area contributed by atoms with Gasteiger partial charge in [0.2, 0.25) is 0 Å². The van der Waals surface area contributed by atoms with Gasteiger partial charge in [-0.05, 0) is 29.8 Å². The summed E-state index contributed by atoms with van der Waals surface area (Å²) >= 11 is 0. The first-order valence-electron chi connectivity index (χ1n) is 5.40. The zero-order valence-electron chi connectivity index (χ0n) is 9.45. The molecular formula is C14H11F3O. The highest BCUT2D eigenvalue weighted by Crippen LogP contribution is 2.30. The minimum absolute atomic E-state index is 0.339. The van der Waals surface area contributed by atoms with Crippen molar-refractivity contribution in [2.24, 2.45) is 0 Å². The quantitative estimate of drug-likeness (QED) is 0.792. The fourth-order valence-electron chi connectivity index (χ4n) is 1.48. The van der Waals surface area contributed by atoms with E-state index in [0.717, 1.165) is 17.7 Å². The summed E-state index contributed by atoms with van der Waals surface area (Å²) < 4.78 is 42.4. The Bertz CT molecular complexity index is 489. The van der Waals surface area contributed by atoms with Crippen LogP contribution < -0.4 is 4.74 Å². The normalized spacial score (nSPS) is 11.3. The lowest BCUT2D eigenvalue weighted by Gasteiger charge is -2.09. The van der Waals surface area contributed by atoms with E-state index in [2.05, 4.69) is 0 Å². The maximum atomic E-state index is 12.3. The smallest absolute Gasteiger partial charge is 0.416 e. The van der Waals surface area contributed by atoms with E-state index >= 15 is 0 Å². The van der Waals surface area contributed by atoms with Gasteiger partial charge in [0.15, 0.2) is 0 Å². The third-order valence-electron chi connectivity index (χ3n) is 2.43. The monoisotopic (exact) mass is 252 g/mol. The first-order chi connectivity index (χ1) is 8.55. The number of halogens is 3. The third kappa shape index (κ3) is 3.26. The maximum absolute atomic E-state index is 12.3. The molecule has 0 bridgehead atoms. The van der Waals surface area contributed by atoms with Crippen molar-refractivity contribution in [2.45, 2.75) is 12.8 Å². The molecule has 94 valence electrons. The molecule has 0 unspecified atom stereocenters. The van der Waals surface area contributed by atoms with Gasteiger partial charge in [-0.1, -0.05) is 30.3 Å². The van der Waals surface area contributed by atoms with Crippen LogP contribution in [0.3, 0.4) is 0 Å². The Morgan fingerprint density at radius 1 is 0.833 bits per heavy atom. The summed E-state index contributed by atoms with van der Waals surface area (Å²) in [6, 6.07) is 14.1. The minimum Gasteiger partial charge on any atom is -0.489 e. The van der Waals surface area contributed by atoms with E-state index < -0.39 is 11.7 Å². The Morgan fingerprint density at radius 2 is 1.44 bits per heavy atom. The predicted molar refractivity (Wildman–Crippen MR) is 62.2 cm³/mol. The van der Waals surface area contributed by atoms with E-state index in [9.17, 15) is 13.2 Å². The SMILES string of the molecule is FC(F)(F)c1ccc(OCc2ccccc2)cc1. The summed E-state index contributed by atoms with van der Waals surface area (Å²) in [6.45, 7) is 0.339. The van der Waals surface area contributed by atoms with E-state index in [0.29, 0.717) is 12.4 Å². The van der Waals surface area contributed by atoms with Gasteiger partial charge in [-0.15, -0.1) is 0 Å². The van der Waals surface area contributed by atoms with E-state index in [4.69, 9.17) is 4.74 Å². The van der Waals surface area contributed by atoms with Crippen molar-refractivity contribution in [3.8, 4) is 5.75 Å². The maximum Gasteiger partial charge on any atom is 0.416 e. The zero-order valence-corrected chi connectivity index (χ0v) is 9.45. The Kier molecular flexibility index (Phi) is 3.55. The van der Waals surface area contributed by atoms with Crippen LogP contribution in [0.4, 0.5) is 13.2 Å². The number of ether oxygens (including phenoxy) is 1. The average molecular weight is 252 g/mol. The zero-order chi connectivity index (χ0) is 13.0. The van der Waals surface area contributed by atoms with Crippen molar-refractivity contribution in [2.75, 3.05) is 0 Å². The summed E-state index contributed by atoms with van der Waals surface area (Å²) in [5.74, 6) is 0.423. The Morgan fingerprint density at radius 3 is 2.00 bits per heavy atom. The molecule has 0 aliphatic rings. The molecule has 4 heteroatoms. The van der Waals surface area contributed by atoms with Crippen LogP contribution >= 0.6 is 0 Å². The molecule has 2 rings (SSSR count). The lowest BCUT2D eigenvalue weighted by atomic mass is 10.2. The molecule has 2 aromatic carbocycles. The van der Waals surface area contributed by atoms with Crippen LogP contribution in [-0.2, 0) is 12.8 Å². The van der Waals surface area contributed by atoms with Crippen LogP contribution in [0, 0.1) is 0 Å². The van der Waals surface area contributed by atoms with Crippen LogP contribution in [-0.4, -0.2) is 0 Å². The minimum atomic E-state index is -4.31. The highest BCUT2D eigenvalue weighted by Gasteiger charge is 2.29. The number of hydrogen-bond acceptors (Lipinski definition) is 1. The standard InChI is InChI=1S/C14H11F3O/c15-14(16,17)12-6-8-13(9-7-12)18-10-11-4-2-1-3-5-11/h1-9H,10H2. The fraction of sp³-hybridized carbons (Fsp3) is 0.143. The van der Waals surface area contributed by atoms with Crippen molar-refractivity contribution in [3.05, 3.63) is 65.7 Å². The van der Waals surface area contributed by atoms with E-state index in [1.54, 1.807) is 0 Å². The average Bonchev–Trinajstić information content (AvgIpc) is 2.37. The third-order valence-corrected chi connectivity index (χ3v) is 2.43. The molecule has 0 radical (unpaired) electrons. The molecule has 1 nitrogen and oxygen atoms in total. The number of rotatable bonds is 3. The molecule has 0 aromatic heterocycles. The first kappa shape index (κ1) is 12.5. The van der Waals surface area contributed by atoms with Gasteiger partial charge < -0.3 is 4.74 Å². The van der Waals surface area contributed by atoms with Gasteiger partial charge in [0.25, 0.3) is 0 Å². The van der Waals surface area contributed by atoms with Gasteiger partial charge in [-0.2, -0.15) is 13.2 Å². The van der Waals surface area contributed by atoms with E-state index in [-0.39, 0.29) is 0 Å². The lowest BCUT2D eigenvalue weighted by molar-refractivity contribution is -0.137. The molecule has 0 aliphatic carbocycles. The van der Waals surface area contributed by atoms with E-state index in [1.165, 1.54) is 12.1 Å². The second-order valence-corrected chi connectivity index (χ2v) is 3.80. The van der Waals surface area contributed by atoms with Gasteiger partial charge in [0, 0.05) is 0 Å². The van der Waals surface area contributed by atoms with Crippen LogP contribution in [0.2, 0.25) is 0 Å². The van der Waals surface area contributed by atoms with Gasteiger partial charge in [-0.3, -0.25) is 0 Å². The predicted octanol–water partition coefficient (Wildman–Crippen LogP) is 4.28. The van der Waals surface area contributed by atoms with Gasteiger partial charge in [0.05, 0.1) is 5.56 Å². The molecule has 0 atom stereocenters. The Balaban J connectivity index is 1.99. The molecule has 0 heterocycles. The number of alkyl halides is 3. The molecule has 0 spiro atoms. The van der Waals surface area contributed by atoms with Crippen LogP contribution in [0.1, 0.15) is 11.1 Å². The van der Waals surface area contributed by atoms with Crippen molar-refractivity contribution in [1.82, 2.24) is 0 Å². The molecule has 0 amide bonds. The molecule has 0 saturated carbocycles. The second-order valence-electron chi connectivity index (χ2n) is 3.80. The summed E-state index contributed by atoms with van der Waals surface area (Å²) in [6.07, 6.45) is -4.31. The molecular weight excluding hydrogens is 241 g/mol. The summed E-state index contributed by atoms with van der Waals surface area (Å²) in [7, 11) is 0. The first-order valence-corrected chi connectivity index (χ1v) is 5.40. The summed E-state index contributed by atoms with van der Waals surface area (Å²) in [4.78, 5) is 0. The van der Waals surface area contributed by atoms with E-state index in [1.807, 2.05) is 30.3 Å². The topological polar surface area (TPSA) is 9.23 Å². The highest BCUT2D eigenvalue weighted by molar-refractivity contribution is 5.29. The second kappa shape index (κ2) is 5.12. The molecule has 0 N–H and O–H groups in total. The van der Waals surface area contributed by atoms with Gasteiger partial charge in [-0.25, -0.2) is 0 Å². The van der Waals surface area contributed by atoms with Crippen LogP contribution in [0.15, 0.2) is 54.6 Å². The van der Waals surface area contributed by atoms with Crippen molar-refractivity contribution >= 4 is 0 Å². The number of hydrogen-bond donors (Lipinski definition) is 0. The molecule has 0 saturated heterocycles.